The van der Waals surface area contributed by atoms with Gasteiger partial charge in [-0.3, -0.25) is 4.99 Å². The van der Waals surface area contributed by atoms with Crippen LogP contribution in [-0.4, -0.2) is 19.9 Å². The fourth-order valence-corrected chi connectivity index (χ4v) is 2.75. The van der Waals surface area contributed by atoms with Gasteiger partial charge in [-0.1, -0.05) is 17.7 Å². The minimum absolute atomic E-state index is 0.602. The molecule has 0 radical (unpaired) electrons. The molecule has 2 aromatic rings. The molecule has 2 rings (SSSR count). The Kier molecular flexibility index (Phi) is 5.61. The summed E-state index contributed by atoms with van der Waals surface area (Å²) in [6, 6.07) is 12.1. The molecule has 0 atom stereocenters. The summed E-state index contributed by atoms with van der Waals surface area (Å²) in [5.41, 5.74) is 3.15. The van der Waals surface area contributed by atoms with Gasteiger partial charge in [0.2, 0.25) is 0 Å². The third kappa shape index (κ3) is 4.20. The van der Waals surface area contributed by atoms with Crippen molar-refractivity contribution in [3.63, 3.8) is 0 Å². The summed E-state index contributed by atoms with van der Waals surface area (Å²) in [6.07, 6.45) is 1.84. The van der Waals surface area contributed by atoms with Gasteiger partial charge in [-0.25, -0.2) is 0 Å². The predicted molar refractivity (Wildman–Crippen MR) is 95.3 cm³/mol. The largest absolute Gasteiger partial charge is 0.492 e. The van der Waals surface area contributed by atoms with Gasteiger partial charge in [-0.05, 0) is 66.3 Å². The van der Waals surface area contributed by atoms with Crippen molar-refractivity contribution in [1.29, 1.82) is 0 Å². The van der Waals surface area contributed by atoms with Gasteiger partial charge < -0.3 is 9.47 Å². The summed E-state index contributed by atoms with van der Waals surface area (Å²) in [6.45, 7) is 4.62. The predicted octanol–water partition coefficient (Wildman–Crippen LogP) is 4.76. The molecule has 0 spiro atoms. The van der Waals surface area contributed by atoms with Crippen molar-refractivity contribution < 1.29 is 9.47 Å². The molecule has 0 aliphatic heterocycles. The maximum atomic E-state index is 5.63. The number of aryl methyl sites for hydroxylation is 1. The van der Waals surface area contributed by atoms with Gasteiger partial charge >= 0.3 is 0 Å². The third-order valence-corrected chi connectivity index (χ3v) is 3.73. The first-order valence-electron chi connectivity index (χ1n) is 6.75. The van der Waals surface area contributed by atoms with Crippen LogP contribution in [0.5, 0.6) is 11.5 Å². The minimum Gasteiger partial charge on any atom is -0.492 e. The molecule has 0 saturated heterocycles. The Bertz CT molecular complexity index is 636. The standard InChI is InChI=1S/C17H18INO2/c1-4-21-16-10-13(9-15(18)17(16)20-3)11-19-14-7-5-12(2)6-8-14/h5-11H,4H2,1-3H3. The molecule has 21 heavy (non-hydrogen) atoms. The lowest BCUT2D eigenvalue weighted by atomic mass is 10.2. The van der Waals surface area contributed by atoms with E-state index in [1.54, 1.807) is 7.11 Å². The van der Waals surface area contributed by atoms with Gasteiger partial charge in [0, 0.05) is 6.21 Å². The Hall–Kier alpha value is -1.56. The van der Waals surface area contributed by atoms with Gasteiger partial charge in [0.25, 0.3) is 0 Å². The number of aliphatic imine (C=N–C) groups is 1. The molecule has 0 fully saturated rings. The van der Waals surface area contributed by atoms with E-state index in [1.807, 2.05) is 37.4 Å². The van der Waals surface area contributed by atoms with E-state index in [0.717, 1.165) is 26.3 Å². The van der Waals surface area contributed by atoms with E-state index in [-0.39, 0.29) is 0 Å². The zero-order valence-electron chi connectivity index (χ0n) is 12.4. The van der Waals surface area contributed by atoms with Crippen molar-refractivity contribution in [2.75, 3.05) is 13.7 Å². The average Bonchev–Trinajstić information content (AvgIpc) is 2.47. The number of methoxy groups -OCH3 is 1. The van der Waals surface area contributed by atoms with Crippen molar-refractivity contribution in [1.82, 2.24) is 0 Å². The molecule has 0 bridgehead atoms. The lowest BCUT2D eigenvalue weighted by Gasteiger charge is -2.11. The van der Waals surface area contributed by atoms with Gasteiger partial charge in [0.05, 0.1) is 23.0 Å². The Morgan fingerprint density at radius 3 is 2.52 bits per heavy atom. The molecule has 0 unspecified atom stereocenters. The fraction of sp³-hybridized carbons (Fsp3) is 0.235. The summed E-state index contributed by atoms with van der Waals surface area (Å²) < 4.78 is 12.0. The van der Waals surface area contributed by atoms with Crippen LogP contribution in [0.25, 0.3) is 0 Å². The molecule has 0 N–H and O–H groups in total. The summed E-state index contributed by atoms with van der Waals surface area (Å²) in [5, 5.41) is 0. The summed E-state index contributed by atoms with van der Waals surface area (Å²) >= 11 is 2.24. The molecule has 110 valence electrons. The van der Waals surface area contributed by atoms with Crippen molar-refractivity contribution >= 4 is 34.5 Å². The van der Waals surface area contributed by atoms with Crippen LogP contribution < -0.4 is 9.47 Å². The molecular formula is C17H18INO2. The van der Waals surface area contributed by atoms with Crippen molar-refractivity contribution in [3.8, 4) is 11.5 Å². The number of benzene rings is 2. The van der Waals surface area contributed by atoms with Crippen molar-refractivity contribution in [3.05, 3.63) is 51.1 Å². The number of nitrogens with zero attached hydrogens (tertiary/aromatic N) is 1. The summed E-state index contributed by atoms with van der Waals surface area (Å²) in [5.74, 6) is 1.52. The zero-order chi connectivity index (χ0) is 15.2. The van der Waals surface area contributed by atoms with Crippen LogP contribution in [0.15, 0.2) is 41.4 Å². The first kappa shape index (κ1) is 15.8. The van der Waals surface area contributed by atoms with Crippen LogP contribution in [-0.2, 0) is 0 Å². The second kappa shape index (κ2) is 7.45. The number of hydrogen-bond acceptors (Lipinski definition) is 3. The van der Waals surface area contributed by atoms with Crippen LogP contribution in [0.4, 0.5) is 5.69 Å². The SMILES string of the molecule is CCOc1cc(C=Nc2ccc(C)cc2)cc(I)c1OC. The van der Waals surface area contributed by atoms with Crippen molar-refractivity contribution in [2.45, 2.75) is 13.8 Å². The fourth-order valence-electron chi connectivity index (χ4n) is 1.90. The quantitative estimate of drug-likeness (QED) is 0.540. The normalized spacial score (nSPS) is 10.9. The maximum Gasteiger partial charge on any atom is 0.174 e. The third-order valence-electron chi connectivity index (χ3n) is 2.93. The van der Waals surface area contributed by atoms with Crippen molar-refractivity contribution in [2.24, 2.45) is 4.99 Å². The van der Waals surface area contributed by atoms with Crippen LogP contribution in [0.3, 0.4) is 0 Å². The smallest absolute Gasteiger partial charge is 0.174 e. The van der Waals surface area contributed by atoms with E-state index in [4.69, 9.17) is 9.47 Å². The molecule has 4 heteroatoms. The molecule has 2 aromatic carbocycles. The van der Waals surface area contributed by atoms with Crippen LogP contribution in [0.1, 0.15) is 18.1 Å². The number of halogens is 1. The lowest BCUT2D eigenvalue weighted by Crippen LogP contribution is -1.98. The second-order valence-corrected chi connectivity index (χ2v) is 5.72. The van der Waals surface area contributed by atoms with Gasteiger partial charge in [0.15, 0.2) is 11.5 Å². The number of ether oxygens (including phenoxy) is 2. The number of rotatable bonds is 5. The topological polar surface area (TPSA) is 30.8 Å². The van der Waals surface area contributed by atoms with Gasteiger partial charge in [-0.2, -0.15) is 0 Å². The molecule has 0 aliphatic rings. The van der Waals surface area contributed by atoms with E-state index in [0.29, 0.717) is 6.61 Å². The maximum absolute atomic E-state index is 5.63. The highest BCUT2D eigenvalue weighted by Gasteiger charge is 2.10. The summed E-state index contributed by atoms with van der Waals surface area (Å²) in [7, 11) is 1.65. The van der Waals surface area contributed by atoms with E-state index >= 15 is 0 Å². The molecule has 0 heterocycles. The van der Waals surface area contributed by atoms with E-state index in [1.165, 1.54) is 5.56 Å². The number of hydrogen-bond donors (Lipinski definition) is 0. The average molecular weight is 395 g/mol. The van der Waals surface area contributed by atoms with Gasteiger partial charge in [-0.15, -0.1) is 0 Å². The molecule has 0 saturated carbocycles. The Morgan fingerprint density at radius 2 is 1.90 bits per heavy atom. The lowest BCUT2D eigenvalue weighted by molar-refractivity contribution is 0.309. The highest BCUT2D eigenvalue weighted by Crippen LogP contribution is 2.33. The highest BCUT2D eigenvalue weighted by molar-refractivity contribution is 14.1. The summed E-state index contributed by atoms with van der Waals surface area (Å²) in [4.78, 5) is 4.49. The first-order chi connectivity index (χ1) is 10.1. The van der Waals surface area contributed by atoms with E-state index in [9.17, 15) is 0 Å². The van der Waals surface area contributed by atoms with Gasteiger partial charge in [0.1, 0.15) is 0 Å². The zero-order valence-corrected chi connectivity index (χ0v) is 14.5. The molecule has 0 aromatic heterocycles. The Balaban J connectivity index is 2.29. The highest BCUT2D eigenvalue weighted by atomic mass is 127. The Labute approximate surface area is 139 Å². The van der Waals surface area contributed by atoms with E-state index in [2.05, 4.69) is 46.6 Å². The second-order valence-electron chi connectivity index (χ2n) is 4.56. The molecular weight excluding hydrogens is 377 g/mol. The molecule has 3 nitrogen and oxygen atoms in total. The first-order valence-corrected chi connectivity index (χ1v) is 7.83. The minimum atomic E-state index is 0.602. The molecule has 0 amide bonds. The molecule has 0 aliphatic carbocycles. The van der Waals surface area contributed by atoms with Crippen LogP contribution in [0, 0.1) is 10.5 Å². The Morgan fingerprint density at radius 1 is 1.19 bits per heavy atom. The van der Waals surface area contributed by atoms with Crippen LogP contribution in [0.2, 0.25) is 0 Å². The monoisotopic (exact) mass is 395 g/mol. The van der Waals surface area contributed by atoms with Crippen LogP contribution >= 0.6 is 22.6 Å². The van der Waals surface area contributed by atoms with E-state index < -0.39 is 0 Å².